The molecule has 1 heterocycles. The van der Waals surface area contributed by atoms with Crippen molar-refractivity contribution >= 4 is 16.8 Å². The molecule has 31 heavy (non-hydrogen) atoms. The van der Waals surface area contributed by atoms with E-state index < -0.39 is 0 Å². The number of benzene rings is 3. The van der Waals surface area contributed by atoms with Gasteiger partial charge in [-0.05, 0) is 54.2 Å². The van der Waals surface area contributed by atoms with Crippen molar-refractivity contribution in [3.8, 4) is 0 Å². The van der Waals surface area contributed by atoms with E-state index in [2.05, 4.69) is 40.3 Å². The number of aryl methyl sites for hydroxylation is 1. The summed E-state index contributed by atoms with van der Waals surface area (Å²) in [5.74, 6) is -0.119. The Bertz CT molecular complexity index is 1150. The Morgan fingerprint density at radius 1 is 0.871 bits per heavy atom. The Morgan fingerprint density at radius 2 is 1.65 bits per heavy atom. The summed E-state index contributed by atoms with van der Waals surface area (Å²) in [5.41, 5.74) is 4.53. The minimum absolute atomic E-state index is 0.0967. The van der Waals surface area contributed by atoms with Crippen LogP contribution in [0, 0.1) is 5.82 Å². The molecule has 4 aromatic rings. The third-order valence-electron chi connectivity index (χ3n) is 5.54. The highest BCUT2D eigenvalue weighted by molar-refractivity contribution is 5.84. The minimum atomic E-state index is -0.215. The molecule has 0 spiro atoms. The molecule has 0 unspecified atom stereocenters. The quantitative estimate of drug-likeness (QED) is 0.385. The lowest BCUT2D eigenvalue weighted by Crippen LogP contribution is -2.25. The summed E-state index contributed by atoms with van der Waals surface area (Å²) >= 11 is 0. The zero-order chi connectivity index (χ0) is 21.5. The summed E-state index contributed by atoms with van der Waals surface area (Å²) in [4.78, 5) is 12.2. The highest BCUT2D eigenvalue weighted by Crippen LogP contribution is 2.24. The first-order valence-electron chi connectivity index (χ1n) is 10.8. The molecule has 3 aromatic carbocycles. The van der Waals surface area contributed by atoms with Gasteiger partial charge in [-0.3, -0.25) is 4.79 Å². The number of para-hydroxylation sites is 1. The van der Waals surface area contributed by atoms with Crippen LogP contribution in [0.1, 0.15) is 29.5 Å². The average Bonchev–Trinajstić information content (AvgIpc) is 3.12. The molecule has 0 fully saturated rings. The molecule has 0 bridgehead atoms. The number of amides is 1. The van der Waals surface area contributed by atoms with Crippen molar-refractivity contribution < 1.29 is 9.18 Å². The van der Waals surface area contributed by atoms with Crippen molar-refractivity contribution in [2.75, 3.05) is 6.54 Å². The molecule has 0 radical (unpaired) electrons. The molecule has 0 aliphatic rings. The zero-order valence-corrected chi connectivity index (χ0v) is 17.6. The number of carbonyl (C=O) groups excluding carboxylic acids is 1. The van der Waals surface area contributed by atoms with Crippen molar-refractivity contribution in [1.29, 1.82) is 0 Å². The van der Waals surface area contributed by atoms with Gasteiger partial charge in [0.05, 0.1) is 0 Å². The molecule has 0 atom stereocenters. The van der Waals surface area contributed by atoms with Crippen LogP contribution in [0.2, 0.25) is 0 Å². The fourth-order valence-corrected chi connectivity index (χ4v) is 4.00. The van der Waals surface area contributed by atoms with Crippen LogP contribution in [0.3, 0.4) is 0 Å². The van der Waals surface area contributed by atoms with Gasteiger partial charge in [-0.2, -0.15) is 0 Å². The van der Waals surface area contributed by atoms with Crippen LogP contribution < -0.4 is 5.32 Å². The molecule has 1 N–H and O–H groups in total. The third-order valence-corrected chi connectivity index (χ3v) is 5.54. The first-order valence-corrected chi connectivity index (χ1v) is 10.8. The molecule has 4 heteroatoms. The Hall–Kier alpha value is -3.40. The second-order valence-electron chi connectivity index (χ2n) is 7.87. The molecule has 0 saturated carbocycles. The summed E-state index contributed by atoms with van der Waals surface area (Å²) in [5, 5.41) is 4.22. The fourth-order valence-electron chi connectivity index (χ4n) is 4.00. The normalized spacial score (nSPS) is 11.0. The van der Waals surface area contributed by atoms with Gasteiger partial charge in [0, 0.05) is 36.6 Å². The monoisotopic (exact) mass is 414 g/mol. The first kappa shape index (κ1) is 20.9. The maximum atomic E-state index is 13.6. The lowest BCUT2D eigenvalue weighted by molar-refractivity contribution is -0.121. The first-order chi connectivity index (χ1) is 15.2. The highest BCUT2D eigenvalue weighted by Gasteiger charge is 2.10. The van der Waals surface area contributed by atoms with E-state index in [9.17, 15) is 9.18 Å². The van der Waals surface area contributed by atoms with Crippen molar-refractivity contribution in [2.24, 2.45) is 0 Å². The van der Waals surface area contributed by atoms with Gasteiger partial charge in [0.15, 0.2) is 0 Å². The summed E-state index contributed by atoms with van der Waals surface area (Å²) in [6.45, 7) is 1.29. The van der Waals surface area contributed by atoms with E-state index in [-0.39, 0.29) is 11.7 Å². The van der Waals surface area contributed by atoms with Gasteiger partial charge < -0.3 is 9.88 Å². The van der Waals surface area contributed by atoms with E-state index in [0.29, 0.717) is 19.5 Å². The molecule has 0 aliphatic heterocycles. The topological polar surface area (TPSA) is 34.0 Å². The maximum absolute atomic E-state index is 13.6. The van der Waals surface area contributed by atoms with Crippen LogP contribution in [-0.2, 0) is 24.2 Å². The number of carbonyl (C=O) groups is 1. The largest absolute Gasteiger partial charge is 0.356 e. The van der Waals surface area contributed by atoms with Crippen LogP contribution in [0.4, 0.5) is 4.39 Å². The van der Waals surface area contributed by atoms with Gasteiger partial charge >= 0.3 is 0 Å². The van der Waals surface area contributed by atoms with Crippen LogP contribution in [0.5, 0.6) is 0 Å². The molecule has 4 rings (SSSR count). The van der Waals surface area contributed by atoms with Gasteiger partial charge in [-0.25, -0.2) is 4.39 Å². The summed E-state index contributed by atoms with van der Waals surface area (Å²) in [6, 6.07) is 25.2. The van der Waals surface area contributed by atoms with Crippen LogP contribution in [-0.4, -0.2) is 17.0 Å². The Morgan fingerprint density at radius 3 is 2.48 bits per heavy atom. The second kappa shape index (κ2) is 10.1. The van der Waals surface area contributed by atoms with Gasteiger partial charge in [0.2, 0.25) is 5.91 Å². The maximum Gasteiger partial charge on any atom is 0.220 e. The SMILES string of the molecule is O=C(CCCc1cn(Cc2cccc(F)c2)c2ccccc12)NCCc1ccccc1. The fraction of sp³-hybridized carbons (Fsp3) is 0.222. The summed E-state index contributed by atoms with van der Waals surface area (Å²) in [7, 11) is 0. The predicted octanol–water partition coefficient (Wildman–Crippen LogP) is 5.51. The minimum Gasteiger partial charge on any atom is -0.356 e. The van der Waals surface area contributed by atoms with Crippen LogP contribution in [0.25, 0.3) is 10.9 Å². The van der Waals surface area contributed by atoms with Crippen molar-refractivity contribution in [3.05, 3.63) is 108 Å². The van der Waals surface area contributed by atoms with E-state index in [1.54, 1.807) is 12.1 Å². The number of fused-ring (bicyclic) bond motifs is 1. The lowest BCUT2D eigenvalue weighted by atomic mass is 10.1. The zero-order valence-electron chi connectivity index (χ0n) is 17.6. The molecule has 1 aromatic heterocycles. The number of nitrogens with one attached hydrogen (secondary N) is 1. The van der Waals surface area contributed by atoms with Crippen LogP contribution >= 0.6 is 0 Å². The number of rotatable bonds is 9. The van der Waals surface area contributed by atoms with E-state index in [4.69, 9.17) is 0 Å². The molecule has 0 aliphatic carbocycles. The molecule has 158 valence electrons. The van der Waals surface area contributed by atoms with Gasteiger partial charge in [-0.1, -0.05) is 60.7 Å². The third kappa shape index (κ3) is 5.60. The van der Waals surface area contributed by atoms with Gasteiger partial charge in [-0.15, -0.1) is 0 Å². The average molecular weight is 415 g/mol. The van der Waals surface area contributed by atoms with Crippen LogP contribution in [0.15, 0.2) is 85.1 Å². The molecular weight excluding hydrogens is 387 g/mol. The molecule has 0 saturated heterocycles. The van der Waals surface area contributed by atoms with E-state index in [1.165, 1.54) is 22.6 Å². The Balaban J connectivity index is 1.33. The summed E-state index contributed by atoms with van der Waals surface area (Å²) < 4.78 is 15.7. The number of nitrogens with zero attached hydrogens (tertiary/aromatic N) is 1. The molecule has 3 nitrogen and oxygen atoms in total. The second-order valence-corrected chi connectivity index (χ2v) is 7.87. The van der Waals surface area contributed by atoms with Gasteiger partial charge in [0.1, 0.15) is 5.82 Å². The smallest absolute Gasteiger partial charge is 0.220 e. The molecule has 1 amide bonds. The molecular formula is C27H27FN2O. The Kier molecular flexibility index (Phi) is 6.78. The Labute approximate surface area is 182 Å². The van der Waals surface area contributed by atoms with Gasteiger partial charge in [0.25, 0.3) is 0 Å². The number of hydrogen-bond acceptors (Lipinski definition) is 1. The van der Waals surface area contributed by atoms with E-state index in [0.717, 1.165) is 30.3 Å². The number of hydrogen-bond donors (Lipinski definition) is 1. The summed E-state index contributed by atoms with van der Waals surface area (Å²) in [6.07, 6.45) is 5.13. The number of halogens is 1. The van der Waals surface area contributed by atoms with E-state index in [1.807, 2.05) is 36.4 Å². The van der Waals surface area contributed by atoms with Crippen molar-refractivity contribution in [2.45, 2.75) is 32.2 Å². The standard InChI is InChI=1S/C27H27FN2O/c28-24-12-6-10-22(18-24)19-30-20-23(25-13-4-5-14-26(25)30)11-7-15-27(31)29-17-16-21-8-2-1-3-9-21/h1-6,8-10,12-14,18,20H,7,11,15-17,19H2,(H,29,31). The number of aromatic nitrogens is 1. The van der Waals surface area contributed by atoms with Crippen molar-refractivity contribution in [3.63, 3.8) is 0 Å². The lowest BCUT2D eigenvalue weighted by Gasteiger charge is -2.06. The van der Waals surface area contributed by atoms with Crippen molar-refractivity contribution in [1.82, 2.24) is 9.88 Å². The highest BCUT2D eigenvalue weighted by atomic mass is 19.1. The predicted molar refractivity (Wildman–Crippen MR) is 124 cm³/mol. The van der Waals surface area contributed by atoms with E-state index >= 15 is 0 Å².